The van der Waals surface area contributed by atoms with Crippen LogP contribution in [0.15, 0.2) is 34.9 Å². The maximum Gasteiger partial charge on any atom is 0.372 e. The normalized spacial score (nSPS) is 10.1. The number of ether oxygens (including phenoxy) is 2. The lowest BCUT2D eigenvalue weighted by molar-refractivity contribution is 0.0661. The summed E-state index contributed by atoms with van der Waals surface area (Å²) >= 11 is 0. The standard InChI is InChI=1S/C14H15NO5/c1-18-11-4-3-10(7-12(11)19-2)15-8-9-5-6-20-13(9)14(16)17/h3-7,15H,8H2,1-2H3,(H,16,17). The molecule has 0 aliphatic rings. The minimum absolute atomic E-state index is 0.0574. The Bertz CT molecular complexity index is 605. The first-order valence-corrected chi connectivity index (χ1v) is 5.91. The number of hydrogen-bond donors (Lipinski definition) is 2. The molecule has 1 aromatic carbocycles. The van der Waals surface area contributed by atoms with Crippen LogP contribution in [0.3, 0.4) is 0 Å². The molecule has 6 heteroatoms. The number of benzene rings is 1. The Labute approximate surface area is 115 Å². The summed E-state index contributed by atoms with van der Waals surface area (Å²) in [4.78, 5) is 10.9. The smallest absolute Gasteiger partial charge is 0.372 e. The Balaban J connectivity index is 2.11. The number of anilines is 1. The van der Waals surface area contributed by atoms with E-state index in [1.807, 2.05) is 6.07 Å². The van der Waals surface area contributed by atoms with Crippen molar-refractivity contribution in [3.05, 3.63) is 41.9 Å². The fraction of sp³-hybridized carbons (Fsp3) is 0.214. The topological polar surface area (TPSA) is 80.9 Å². The van der Waals surface area contributed by atoms with Gasteiger partial charge >= 0.3 is 5.97 Å². The molecule has 0 amide bonds. The van der Waals surface area contributed by atoms with Crippen molar-refractivity contribution < 1.29 is 23.8 Å². The molecule has 0 saturated heterocycles. The third-order valence-corrected chi connectivity index (χ3v) is 2.81. The molecule has 0 atom stereocenters. The van der Waals surface area contributed by atoms with Gasteiger partial charge in [-0.2, -0.15) is 0 Å². The van der Waals surface area contributed by atoms with Crippen molar-refractivity contribution in [2.75, 3.05) is 19.5 Å². The fourth-order valence-electron chi connectivity index (χ4n) is 1.81. The molecule has 0 fully saturated rings. The highest BCUT2D eigenvalue weighted by Crippen LogP contribution is 2.30. The number of nitrogens with one attached hydrogen (secondary N) is 1. The summed E-state index contributed by atoms with van der Waals surface area (Å²) in [5.74, 6) is 0.0906. The van der Waals surface area contributed by atoms with E-state index < -0.39 is 5.97 Å². The Kier molecular flexibility index (Phi) is 4.14. The summed E-state index contributed by atoms with van der Waals surface area (Å²) in [7, 11) is 3.12. The second-order valence-electron chi connectivity index (χ2n) is 4.00. The van der Waals surface area contributed by atoms with Crippen LogP contribution in [0.1, 0.15) is 16.1 Å². The Morgan fingerprint density at radius 1 is 1.25 bits per heavy atom. The van der Waals surface area contributed by atoms with E-state index in [9.17, 15) is 4.79 Å². The van der Waals surface area contributed by atoms with Crippen molar-refractivity contribution in [3.63, 3.8) is 0 Å². The largest absolute Gasteiger partial charge is 0.493 e. The van der Waals surface area contributed by atoms with Gasteiger partial charge in [-0.15, -0.1) is 0 Å². The van der Waals surface area contributed by atoms with Gasteiger partial charge in [0.15, 0.2) is 11.5 Å². The average molecular weight is 277 g/mol. The van der Waals surface area contributed by atoms with Crippen molar-refractivity contribution in [2.45, 2.75) is 6.54 Å². The zero-order chi connectivity index (χ0) is 14.5. The second kappa shape index (κ2) is 6.01. The third kappa shape index (κ3) is 2.85. The molecule has 6 nitrogen and oxygen atoms in total. The number of carbonyl (C=O) groups is 1. The summed E-state index contributed by atoms with van der Waals surface area (Å²) in [5, 5.41) is 12.1. The van der Waals surface area contributed by atoms with Gasteiger partial charge in [-0.3, -0.25) is 0 Å². The van der Waals surface area contributed by atoms with E-state index >= 15 is 0 Å². The van der Waals surface area contributed by atoms with Crippen LogP contribution in [-0.2, 0) is 6.54 Å². The zero-order valence-corrected chi connectivity index (χ0v) is 11.2. The van der Waals surface area contributed by atoms with Gasteiger partial charge in [-0.05, 0) is 18.2 Å². The minimum Gasteiger partial charge on any atom is -0.493 e. The van der Waals surface area contributed by atoms with E-state index in [1.54, 1.807) is 32.4 Å². The lowest BCUT2D eigenvalue weighted by atomic mass is 10.2. The van der Waals surface area contributed by atoms with Crippen molar-refractivity contribution in [2.24, 2.45) is 0 Å². The maximum absolute atomic E-state index is 10.9. The molecule has 0 aliphatic carbocycles. The van der Waals surface area contributed by atoms with Gasteiger partial charge in [-0.1, -0.05) is 0 Å². The van der Waals surface area contributed by atoms with E-state index in [-0.39, 0.29) is 5.76 Å². The second-order valence-corrected chi connectivity index (χ2v) is 4.00. The molecule has 0 spiro atoms. The van der Waals surface area contributed by atoms with E-state index in [0.29, 0.717) is 23.6 Å². The third-order valence-electron chi connectivity index (χ3n) is 2.81. The van der Waals surface area contributed by atoms with Crippen LogP contribution in [0.25, 0.3) is 0 Å². The van der Waals surface area contributed by atoms with Gasteiger partial charge in [-0.25, -0.2) is 4.79 Å². The van der Waals surface area contributed by atoms with Crippen LogP contribution in [0, 0.1) is 0 Å². The van der Waals surface area contributed by atoms with Crippen LogP contribution in [0.2, 0.25) is 0 Å². The molecule has 0 unspecified atom stereocenters. The van der Waals surface area contributed by atoms with E-state index in [4.69, 9.17) is 19.0 Å². The predicted molar refractivity (Wildman–Crippen MR) is 72.5 cm³/mol. The molecule has 0 aliphatic heterocycles. The summed E-state index contributed by atoms with van der Waals surface area (Å²) in [5.41, 5.74) is 1.37. The molecule has 0 radical (unpaired) electrons. The van der Waals surface area contributed by atoms with Crippen molar-refractivity contribution >= 4 is 11.7 Å². The van der Waals surface area contributed by atoms with Gasteiger partial charge in [0.25, 0.3) is 0 Å². The molecule has 2 rings (SSSR count). The van der Waals surface area contributed by atoms with Gasteiger partial charge in [0, 0.05) is 23.9 Å². The molecule has 2 aromatic rings. The monoisotopic (exact) mass is 277 g/mol. The zero-order valence-electron chi connectivity index (χ0n) is 11.2. The van der Waals surface area contributed by atoms with E-state index in [1.165, 1.54) is 6.26 Å². The highest BCUT2D eigenvalue weighted by Gasteiger charge is 2.13. The van der Waals surface area contributed by atoms with Gasteiger partial charge in [0.1, 0.15) is 0 Å². The quantitative estimate of drug-likeness (QED) is 0.844. The Morgan fingerprint density at radius 2 is 2.00 bits per heavy atom. The molecule has 1 aromatic heterocycles. The lowest BCUT2D eigenvalue weighted by Gasteiger charge is -2.11. The molecule has 2 N–H and O–H groups in total. The Hall–Kier alpha value is -2.63. The molecular weight excluding hydrogens is 262 g/mol. The number of carboxylic acids is 1. The first-order valence-electron chi connectivity index (χ1n) is 5.91. The number of rotatable bonds is 6. The van der Waals surface area contributed by atoms with E-state index in [0.717, 1.165) is 5.69 Å². The number of methoxy groups -OCH3 is 2. The highest BCUT2D eigenvalue weighted by atomic mass is 16.5. The summed E-state index contributed by atoms with van der Waals surface area (Å²) in [6.07, 6.45) is 1.36. The predicted octanol–water partition coefficient (Wildman–Crippen LogP) is 2.61. The fourth-order valence-corrected chi connectivity index (χ4v) is 1.81. The van der Waals surface area contributed by atoms with Crippen LogP contribution < -0.4 is 14.8 Å². The molecule has 20 heavy (non-hydrogen) atoms. The first kappa shape index (κ1) is 13.8. The minimum atomic E-state index is -1.08. The number of carboxylic acid groups (broad SMARTS) is 1. The van der Waals surface area contributed by atoms with Crippen molar-refractivity contribution in [3.8, 4) is 11.5 Å². The van der Waals surface area contributed by atoms with Gasteiger partial charge < -0.3 is 24.3 Å². The van der Waals surface area contributed by atoms with Crippen molar-refractivity contribution in [1.82, 2.24) is 0 Å². The summed E-state index contributed by atoms with van der Waals surface area (Å²) in [6, 6.07) is 6.99. The van der Waals surface area contributed by atoms with Gasteiger partial charge in [0.2, 0.25) is 5.76 Å². The van der Waals surface area contributed by atoms with Crippen molar-refractivity contribution in [1.29, 1.82) is 0 Å². The molecule has 1 heterocycles. The van der Waals surface area contributed by atoms with Gasteiger partial charge in [0.05, 0.1) is 20.5 Å². The van der Waals surface area contributed by atoms with E-state index in [2.05, 4.69) is 5.32 Å². The highest BCUT2D eigenvalue weighted by molar-refractivity contribution is 5.86. The molecule has 0 bridgehead atoms. The number of furan rings is 1. The summed E-state index contributed by atoms with van der Waals surface area (Å²) in [6.45, 7) is 0.341. The van der Waals surface area contributed by atoms with Crippen LogP contribution >= 0.6 is 0 Å². The number of hydrogen-bond acceptors (Lipinski definition) is 5. The molecule has 0 saturated carbocycles. The van der Waals surface area contributed by atoms with Crippen LogP contribution in [-0.4, -0.2) is 25.3 Å². The Morgan fingerprint density at radius 3 is 2.65 bits per heavy atom. The first-order chi connectivity index (χ1) is 9.65. The molecule has 106 valence electrons. The lowest BCUT2D eigenvalue weighted by Crippen LogP contribution is -2.04. The molecular formula is C14H15NO5. The number of aromatic carboxylic acids is 1. The van der Waals surface area contributed by atoms with Crippen LogP contribution in [0.4, 0.5) is 5.69 Å². The SMILES string of the molecule is COc1ccc(NCc2ccoc2C(=O)O)cc1OC. The average Bonchev–Trinajstić information content (AvgIpc) is 2.93. The maximum atomic E-state index is 10.9. The van der Waals surface area contributed by atoms with Crippen LogP contribution in [0.5, 0.6) is 11.5 Å². The summed E-state index contributed by atoms with van der Waals surface area (Å²) < 4.78 is 15.3.